The lowest BCUT2D eigenvalue weighted by Crippen LogP contribution is -2.34. The summed E-state index contributed by atoms with van der Waals surface area (Å²) in [6.45, 7) is 5.49. The zero-order valence-corrected chi connectivity index (χ0v) is 9.41. The van der Waals surface area contributed by atoms with Crippen molar-refractivity contribution in [2.24, 2.45) is 0 Å². The fourth-order valence-electron chi connectivity index (χ4n) is 1.50. The Labute approximate surface area is 89.6 Å². The molecular formula is C11H17NO3. The average Bonchev–Trinajstić information content (AvgIpc) is 2.41. The van der Waals surface area contributed by atoms with Gasteiger partial charge in [0.15, 0.2) is 0 Å². The van der Waals surface area contributed by atoms with Crippen LogP contribution in [0.1, 0.15) is 33.6 Å². The van der Waals surface area contributed by atoms with E-state index in [2.05, 4.69) is 0 Å². The second-order valence-corrected chi connectivity index (χ2v) is 3.86. The Balaban J connectivity index is 2.60. The lowest BCUT2D eigenvalue weighted by atomic mass is 10.2. The minimum atomic E-state index is -0.438. The topological polar surface area (TPSA) is 57.6 Å². The first kappa shape index (κ1) is 11.9. The third kappa shape index (κ3) is 2.26. The lowest BCUT2D eigenvalue weighted by Gasteiger charge is -2.16. The van der Waals surface area contributed by atoms with Gasteiger partial charge in [-0.2, -0.15) is 0 Å². The monoisotopic (exact) mass is 211 g/mol. The van der Waals surface area contributed by atoms with E-state index >= 15 is 0 Å². The quantitative estimate of drug-likeness (QED) is 0.701. The predicted octanol–water partition coefficient (Wildman–Crippen LogP) is 0.853. The Morgan fingerprint density at radius 3 is 2.07 bits per heavy atom. The third-order valence-corrected chi connectivity index (χ3v) is 2.85. The largest absolute Gasteiger partial charge is 0.393 e. The van der Waals surface area contributed by atoms with Crippen molar-refractivity contribution in [3.8, 4) is 0 Å². The van der Waals surface area contributed by atoms with E-state index in [1.54, 1.807) is 13.8 Å². The van der Waals surface area contributed by atoms with Gasteiger partial charge in [-0.25, -0.2) is 0 Å². The van der Waals surface area contributed by atoms with Gasteiger partial charge >= 0.3 is 0 Å². The molecule has 0 aromatic rings. The van der Waals surface area contributed by atoms with Crippen LogP contribution in [0.3, 0.4) is 0 Å². The normalized spacial score (nSPS) is 19.1. The molecule has 15 heavy (non-hydrogen) atoms. The van der Waals surface area contributed by atoms with Crippen molar-refractivity contribution in [2.75, 3.05) is 6.54 Å². The van der Waals surface area contributed by atoms with E-state index in [-0.39, 0.29) is 11.8 Å². The van der Waals surface area contributed by atoms with E-state index in [0.29, 0.717) is 30.5 Å². The molecular weight excluding hydrogens is 194 g/mol. The van der Waals surface area contributed by atoms with Crippen LogP contribution in [0.2, 0.25) is 0 Å². The number of aliphatic hydroxyl groups is 1. The predicted molar refractivity (Wildman–Crippen MR) is 56.0 cm³/mol. The summed E-state index contributed by atoms with van der Waals surface area (Å²) in [7, 11) is 0. The number of rotatable bonds is 4. The molecule has 84 valence electrons. The molecule has 0 saturated heterocycles. The molecule has 0 aromatic heterocycles. The summed E-state index contributed by atoms with van der Waals surface area (Å²) in [5, 5.41) is 9.36. The van der Waals surface area contributed by atoms with Gasteiger partial charge in [0.1, 0.15) is 0 Å². The first-order chi connectivity index (χ1) is 6.99. The number of nitrogens with zero attached hydrogens (tertiary/aromatic N) is 1. The van der Waals surface area contributed by atoms with Crippen LogP contribution in [0.15, 0.2) is 11.1 Å². The SMILES string of the molecule is CCC(O)CCN1C(=O)C(C)=C(C)C1=O. The average molecular weight is 211 g/mol. The third-order valence-electron chi connectivity index (χ3n) is 2.85. The molecule has 1 N–H and O–H groups in total. The van der Waals surface area contributed by atoms with Gasteiger partial charge in [0.2, 0.25) is 0 Å². The van der Waals surface area contributed by atoms with E-state index in [0.717, 1.165) is 0 Å². The Morgan fingerprint density at radius 1 is 1.20 bits per heavy atom. The maximum absolute atomic E-state index is 11.6. The molecule has 1 unspecified atom stereocenters. The highest BCUT2D eigenvalue weighted by Crippen LogP contribution is 2.20. The first-order valence-electron chi connectivity index (χ1n) is 5.20. The summed E-state index contributed by atoms with van der Waals surface area (Å²) in [5.74, 6) is -0.443. The first-order valence-corrected chi connectivity index (χ1v) is 5.20. The van der Waals surface area contributed by atoms with Gasteiger partial charge in [-0.05, 0) is 26.7 Å². The summed E-state index contributed by atoms with van der Waals surface area (Å²) >= 11 is 0. The zero-order valence-electron chi connectivity index (χ0n) is 9.41. The number of hydrogen-bond acceptors (Lipinski definition) is 3. The molecule has 0 radical (unpaired) electrons. The highest BCUT2D eigenvalue weighted by atomic mass is 16.3. The highest BCUT2D eigenvalue weighted by Gasteiger charge is 2.32. The van der Waals surface area contributed by atoms with Crippen LogP contribution >= 0.6 is 0 Å². The fourth-order valence-corrected chi connectivity index (χ4v) is 1.50. The van der Waals surface area contributed by atoms with Gasteiger partial charge in [-0.15, -0.1) is 0 Å². The second-order valence-electron chi connectivity index (χ2n) is 3.86. The molecule has 0 aromatic carbocycles. The maximum Gasteiger partial charge on any atom is 0.256 e. The van der Waals surface area contributed by atoms with Crippen molar-refractivity contribution in [2.45, 2.75) is 39.7 Å². The maximum atomic E-state index is 11.6. The van der Waals surface area contributed by atoms with Gasteiger partial charge in [0, 0.05) is 17.7 Å². The molecule has 0 spiro atoms. The van der Waals surface area contributed by atoms with Crippen LogP contribution in [0.5, 0.6) is 0 Å². The van der Waals surface area contributed by atoms with E-state index in [1.807, 2.05) is 6.92 Å². The van der Waals surface area contributed by atoms with Crippen LogP contribution in [0, 0.1) is 0 Å². The molecule has 2 amide bonds. The van der Waals surface area contributed by atoms with Crippen LogP contribution in [0.4, 0.5) is 0 Å². The standard InChI is InChI=1S/C11H17NO3/c1-4-9(13)5-6-12-10(14)7(2)8(3)11(12)15/h9,13H,4-6H2,1-3H3. The van der Waals surface area contributed by atoms with E-state index in [9.17, 15) is 14.7 Å². The molecule has 1 atom stereocenters. The van der Waals surface area contributed by atoms with Crippen LogP contribution < -0.4 is 0 Å². The number of carbonyl (C=O) groups is 2. The molecule has 1 heterocycles. The summed E-state index contributed by atoms with van der Waals surface area (Å²) < 4.78 is 0. The zero-order chi connectivity index (χ0) is 11.6. The van der Waals surface area contributed by atoms with Gasteiger partial charge in [0.25, 0.3) is 11.8 Å². The van der Waals surface area contributed by atoms with Crippen molar-refractivity contribution in [3.05, 3.63) is 11.1 Å². The molecule has 1 rings (SSSR count). The summed E-state index contributed by atoms with van der Waals surface area (Å²) in [6.07, 6.45) is 0.655. The number of imide groups is 1. The fraction of sp³-hybridized carbons (Fsp3) is 0.636. The highest BCUT2D eigenvalue weighted by molar-refractivity contribution is 6.18. The minimum Gasteiger partial charge on any atom is -0.393 e. The Kier molecular flexibility index (Phi) is 3.63. The number of aliphatic hydroxyl groups excluding tert-OH is 1. The molecule has 0 bridgehead atoms. The van der Waals surface area contributed by atoms with Crippen molar-refractivity contribution in [3.63, 3.8) is 0 Å². The summed E-state index contributed by atoms with van der Waals surface area (Å²) in [5.41, 5.74) is 1.04. The molecule has 0 aliphatic carbocycles. The molecule has 4 nitrogen and oxygen atoms in total. The van der Waals surface area contributed by atoms with Crippen molar-refractivity contribution in [1.82, 2.24) is 4.90 Å². The number of amides is 2. The van der Waals surface area contributed by atoms with Crippen molar-refractivity contribution < 1.29 is 14.7 Å². The number of hydrogen-bond donors (Lipinski definition) is 1. The Morgan fingerprint density at radius 2 is 1.67 bits per heavy atom. The molecule has 1 aliphatic rings. The van der Waals surface area contributed by atoms with Gasteiger partial charge in [-0.3, -0.25) is 14.5 Å². The Hall–Kier alpha value is -1.16. The van der Waals surface area contributed by atoms with Crippen molar-refractivity contribution >= 4 is 11.8 Å². The summed E-state index contributed by atoms with van der Waals surface area (Å²) in [4.78, 5) is 24.4. The molecule has 4 heteroatoms. The molecule has 0 fully saturated rings. The van der Waals surface area contributed by atoms with Gasteiger partial charge < -0.3 is 5.11 Å². The molecule has 0 saturated carbocycles. The smallest absolute Gasteiger partial charge is 0.256 e. The Bertz CT molecular complexity index is 296. The van der Waals surface area contributed by atoms with E-state index in [1.165, 1.54) is 4.90 Å². The van der Waals surface area contributed by atoms with Crippen LogP contribution in [0.25, 0.3) is 0 Å². The lowest BCUT2D eigenvalue weighted by molar-refractivity contribution is -0.137. The van der Waals surface area contributed by atoms with E-state index < -0.39 is 6.10 Å². The number of carbonyl (C=O) groups excluding carboxylic acids is 2. The van der Waals surface area contributed by atoms with Gasteiger partial charge in [0.05, 0.1) is 6.10 Å². The van der Waals surface area contributed by atoms with E-state index in [4.69, 9.17) is 0 Å². The second kappa shape index (κ2) is 4.57. The summed E-state index contributed by atoms with van der Waals surface area (Å²) in [6, 6.07) is 0. The molecule has 1 aliphatic heterocycles. The van der Waals surface area contributed by atoms with Gasteiger partial charge in [-0.1, -0.05) is 6.92 Å². The minimum absolute atomic E-state index is 0.221. The van der Waals surface area contributed by atoms with Crippen LogP contribution in [-0.4, -0.2) is 34.5 Å². The van der Waals surface area contributed by atoms with Crippen LogP contribution in [-0.2, 0) is 9.59 Å². The van der Waals surface area contributed by atoms with Crippen molar-refractivity contribution in [1.29, 1.82) is 0 Å².